The number of nitrogens with two attached hydrogens (primary N) is 1. The Morgan fingerprint density at radius 1 is 1.53 bits per heavy atom. The molecule has 0 radical (unpaired) electrons. The van der Waals surface area contributed by atoms with E-state index in [0.717, 1.165) is 5.69 Å². The zero-order valence-corrected chi connectivity index (χ0v) is 12.2. The second kappa shape index (κ2) is 6.51. The lowest BCUT2D eigenvalue weighted by Crippen LogP contribution is -2.37. The summed E-state index contributed by atoms with van der Waals surface area (Å²) in [6.07, 6.45) is 0.858. The second-order valence-electron chi connectivity index (χ2n) is 4.82. The van der Waals surface area contributed by atoms with E-state index in [1.165, 1.54) is 18.4 Å². The summed E-state index contributed by atoms with van der Waals surface area (Å²) in [4.78, 5) is 26.5. The number of carbonyl (C=O) groups is 2. The topological polar surface area (TPSA) is 94.3 Å². The summed E-state index contributed by atoms with van der Waals surface area (Å²) in [6, 6.07) is 0. The lowest BCUT2D eigenvalue weighted by Gasteiger charge is -2.20. The number of rotatable bonds is 7. The molecule has 0 saturated carbocycles. The number of nitrogens with one attached hydrogen (secondary N) is 1. The number of nitrogens with zero attached hydrogens (tertiary/aromatic N) is 1. The van der Waals surface area contributed by atoms with Gasteiger partial charge in [0, 0.05) is 18.3 Å². The fraction of sp³-hybridized carbons (Fsp3) is 0.583. The van der Waals surface area contributed by atoms with Crippen molar-refractivity contribution in [1.29, 1.82) is 0 Å². The van der Waals surface area contributed by atoms with Gasteiger partial charge in [-0.1, -0.05) is 0 Å². The zero-order chi connectivity index (χ0) is 14.5. The van der Waals surface area contributed by atoms with Gasteiger partial charge in [0.1, 0.15) is 0 Å². The van der Waals surface area contributed by atoms with Crippen LogP contribution >= 0.6 is 11.3 Å². The molecule has 106 valence electrons. The molecule has 0 fully saturated rings. The number of thiazole rings is 1. The van der Waals surface area contributed by atoms with Crippen LogP contribution in [0, 0.1) is 5.41 Å². The van der Waals surface area contributed by atoms with Crippen LogP contribution in [0.5, 0.6) is 0 Å². The molecule has 1 amide bonds. The van der Waals surface area contributed by atoms with Gasteiger partial charge in [-0.25, -0.2) is 4.98 Å². The Hall–Kier alpha value is -1.63. The zero-order valence-electron chi connectivity index (χ0n) is 11.4. The van der Waals surface area contributed by atoms with Crippen LogP contribution in [0.15, 0.2) is 5.38 Å². The third-order valence-electron chi connectivity index (χ3n) is 2.71. The van der Waals surface area contributed by atoms with Crippen LogP contribution < -0.4 is 11.1 Å². The van der Waals surface area contributed by atoms with Crippen LogP contribution in [0.1, 0.15) is 26.0 Å². The van der Waals surface area contributed by atoms with Gasteiger partial charge in [-0.2, -0.15) is 0 Å². The summed E-state index contributed by atoms with van der Waals surface area (Å²) in [5.74, 6) is -0.611. The predicted octanol–water partition coefficient (Wildman–Crippen LogP) is 1.17. The van der Waals surface area contributed by atoms with Gasteiger partial charge in [-0.15, -0.1) is 11.3 Å². The summed E-state index contributed by atoms with van der Waals surface area (Å²) >= 11 is 1.43. The Labute approximate surface area is 116 Å². The highest BCUT2D eigenvalue weighted by Gasteiger charge is 2.24. The number of amides is 1. The molecule has 1 heterocycles. The summed E-state index contributed by atoms with van der Waals surface area (Å²) in [5, 5.41) is 5.67. The minimum absolute atomic E-state index is 0.252. The molecule has 0 spiro atoms. The van der Waals surface area contributed by atoms with Crippen LogP contribution in [0.3, 0.4) is 0 Å². The van der Waals surface area contributed by atoms with Crippen molar-refractivity contribution in [3.63, 3.8) is 0 Å². The van der Waals surface area contributed by atoms with Crippen LogP contribution in [-0.4, -0.2) is 30.5 Å². The van der Waals surface area contributed by atoms with Gasteiger partial charge in [-0.05, 0) is 13.8 Å². The number of esters is 1. The third-order valence-corrected chi connectivity index (χ3v) is 3.56. The van der Waals surface area contributed by atoms with E-state index in [1.807, 2.05) is 5.38 Å². The molecule has 1 aromatic heterocycles. The standard InChI is InChI=1S/C12H19N3O3S/c1-12(2,10(13)17)7-14-11-15-8(6-19-11)4-5-9(16)18-3/h6H,4-5,7H2,1-3H3,(H2,13,17)(H,14,15). The maximum absolute atomic E-state index is 11.2. The number of anilines is 1. The Morgan fingerprint density at radius 2 is 2.21 bits per heavy atom. The Morgan fingerprint density at radius 3 is 2.79 bits per heavy atom. The number of hydrogen-bond acceptors (Lipinski definition) is 6. The largest absolute Gasteiger partial charge is 0.469 e. The number of aryl methyl sites for hydroxylation is 1. The minimum atomic E-state index is -0.627. The molecule has 1 rings (SSSR count). The Kier molecular flexibility index (Phi) is 5.29. The summed E-state index contributed by atoms with van der Waals surface area (Å²) in [7, 11) is 1.36. The maximum Gasteiger partial charge on any atom is 0.305 e. The third kappa shape index (κ3) is 4.86. The lowest BCUT2D eigenvalue weighted by molar-refractivity contribution is -0.140. The van der Waals surface area contributed by atoms with E-state index in [0.29, 0.717) is 24.5 Å². The molecule has 6 nitrogen and oxygen atoms in total. The number of carbonyl (C=O) groups excluding carboxylic acids is 2. The van der Waals surface area contributed by atoms with E-state index in [1.54, 1.807) is 13.8 Å². The molecule has 1 aromatic rings. The molecule has 7 heteroatoms. The number of aromatic nitrogens is 1. The van der Waals surface area contributed by atoms with Crippen LogP contribution in [0.4, 0.5) is 5.13 Å². The number of ether oxygens (including phenoxy) is 1. The molecule has 3 N–H and O–H groups in total. The fourth-order valence-electron chi connectivity index (χ4n) is 1.22. The van der Waals surface area contributed by atoms with Gasteiger partial charge >= 0.3 is 5.97 Å². The molecule has 0 bridgehead atoms. The van der Waals surface area contributed by atoms with Crippen molar-refractivity contribution in [3.8, 4) is 0 Å². The highest BCUT2D eigenvalue weighted by Crippen LogP contribution is 2.20. The molecule has 0 atom stereocenters. The van der Waals surface area contributed by atoms with Crippen molar-refractivity contribution in [2.45, 2.75) is 26.7 Å². The molecule has 0 saturated heterocycles. The van der Waals surface area contributed by atoms with E-state index in [-0.39, 0.29) is 11.9 Å². The average Bonchev–Trinajstić information content (AvgIpc) is 2.81. The van der Waals surface area contributed by atoms with Crippen molar-refractivity contribution in [3.05, 3.63) is 11.1 Å². The van der Waals surface area contributed by atoms with Crippen molar-refractivity contribution in [2.24, 2.45) is 11.1 Å². The van der Waals surface area contributed by atoms with Gasteiger partial charge in [0.15, 0.2) is 5.13 Å². The molecule has 0 aromatic carbocycles. The minimum Gasteiger partial charge on any atom is -0.469 e. The smallest absolute Gasteiger partial charge is 0.305 e. The Bertz CT molecular complexity index is 457. The Balaban J connectivity index is 2.47. The maximum atomic E-state index is 11.2. The molecule has 0 aliphatic rings. The van der Waals surface area contributed by atoms with Crippen molar-refractivity contribution >= 4 is 28.3 Å². The first-order chi connectivity index (χ1) is 8.85. The monoisotopic (exact) mass is 285 g/mol. The van der Waals surface area contributed by atoms with Gasteiger partial charge in [-0.3, -0.25) is 9.59 Å². The first-order valence-corrected chi connectivity index (χ1v) is 6.78. The molecule has 0 aliphatic carbocycles. The summed E-state index contributed by atoms with van der Waals surface area (Å²) in [5.41, 5.74) is 5.49. The molecule has 0 aliphatic heterocycles. The van der Waals surface area contributed by atoms with Gasteiger partial charge in [0.25, 0.3) is 0 Å². The van der Waals surface area contributed by atoms with E-state index in [9.17, 15) is 9.59 Å². The van der Waals surface area contributed by atoms with Crippen LogP contribution in [-0.2, 0) is 20.7 Å². The van der Waals surface area contributed by atoms with E-state index < -0.39 is 5.41 Å². The van der Waals surface area contributed by atoms with Crippen molar-refractivity contribution < 1.29 is 14.3 Å². The van der Waals surface area contributed by atoms with E-state index in [2.05, 4.69) is 15.0 Å². The van der Waals surface area contributed by atoms with Gasteiger partial charge in [0.05, 0.1) is 24.6 Å². The van der Waals surface area contributed by atoms with Crippen LogP contribution in [0.2, 0.25) is 0 Å². The van der Waals surface area contributed by atoms with Crippen LogP contribution in [0.25, 0.3) is 0 Å². The summed E-state index contributed by atoms with van der Waals surface area (Å²) in [6.45, 7) is 3.97. The molecular formula is C12H19N3O3S. The van der Waals surface area contributed by atoms with Gasteiger partial charge in [0.2, 0.25) is 5.91 Å². The second-order valence-corrected chi connectivity index (χ2v) is 5.68. The molecule has 0 unspecified atom stereocenters. The van der Waals surface area contributed by atoms with Crippen molar-refractivity contribution in [1.82, 2.24) is 4.98 Å². The average molecular weight is 285 g/mol. The SMILES string of the molecule is COC(=O)CCc1csc(NCC(C)(C)C(N)=O)n1. The number of methoxy groups -OCH3 is 1. The first-order valence-electron chi connectivity index (χ1n) is 5.90. The fourth-order valence-corrected chi connectivity index (χ4v) is 1.96. The predicted molar refractivity (Wildman–Crippen MR) is 73.9 cm³/mol. The lowest BCUT2D eigenvalue weighted by atomic mass is 9.93. The quantitative estimate of drug-likeness (QED) is 0.733. The van der Waals surface area contributed by atoms with E-state index >= 15 is 0 Å². The number of hydrogen-bond donors (Lipinski definition) is 2. The molecular weight excluding hydrogens is 266 g/mol. The van der Waals surface area contributed by atoms with Crippen molar-refractivity contribution in [2.75, 3.05) is 19.0 Å². The normalized spacial score (nSPS) is 11.1. The highest BCUT2D eigenvalue weighted by atomic mass is 32.1. The van der Waals surface area contributed by atoms with Gasteiger partial charge < -0.3 is 15.8 Å². The summed E-state index contributed by atoms with van der Waals surface area (Å²) < 4.78 is 4.57. The molecule has 19 heavy (non-hydrogen) atoms. The highest BCUT2D eigenvalue weighted by molar-refractivity contribution is 7.13. The van der Waals surface area contributed by atoms with E-state index in [4.69, 9.17) is 5.73 Å². The number of primary amides is 1. The first kappa shape index (κ1) is 15.4.